The summed E-state index contributed by atoms with van der Waals surface area (Å²) >= 11 is 0. The van der Waals surface area contributed by atoms with Crippen LogP contribution >= 0.6 is 0 Å². The molecule has 2 rings (SSSR count). The molecule has 0 saturated heterocycles. The number of anilines is 1. The Morgan fingerprint density at radius 2 is 1.96 bits per heavy atom. The SMILES string of the molecule is COc1ccc(NC(=O)[C@@H](Cc2ccccc2)NC(N)=O)cn1. The van der Waals surface area contributed by atoms with Gasteiger partial charge in [0.15, 0.2) is 0 Å². The van der Waals surface area contributed by atoms with Crippen molar-refractivity contribution in [2.75, 3.05) is 12.4 Å². The van der Waals surface area contributed by atoms with Crippen molar-refractivity contribution in [3.63, 3.8) is 0 Å². The number of carbonyl (C=O) groups excluding carboxylic acids is 2. The normalized spacial score (nSPS) is 11.3. The second kappa shape index (κ2) is 7.79. The number of pyridine rings is 1. The number of amides is 3. The van der Waals surface area contributed by atoms with Gasteiger partial charge in [-0.3, -0.25) is 4.79 Å². The largest absolute Gasteiger partial charge is 0.481 e. The van der Waals surface area contributed by atoms with E-state index in [4.69, 9.17) is 10.5 Å². The zero-order valence-corrected chi connectivity index (χ0v) is 12.7. The Balaban J connectivity index is 2.07. The number of hydrogen-bond donors (Lipinski definition) is 3. The van der Waals surface area contributed by atoms with Crippen molar-refractivity contribution in [2.45, 2.75) is 12.5 Å². The van der Waals surface area contributed by atoms with E-state index in [9.17, 15) is 9.59 Å². The highest BCUT2D eigenvalue weighted by atomic mass is 16.5. The maximum Gasteiger partial charge on any atom is 0.312 e. The Morgan fingerprint density at radius 1 is 1.22 bits per heavy atom. The van der Waals surface area contributed by atoms with Gasteiger partial charge in [0.1, 0.15) is 6.04 Å². The van der Waals surface area contributed by atoms with E-state index in [1.807, 2.05) is 30.3 Å². The van der Waals surface area contributed by atoms with Gasteiger partial charge >= 0.3 is 6.03 Å². The molecule has 23 heavy (non-hydrogen) atoms. The summed E-state index contributed by atoms with van der Waals surface area (Å²) in [5.74, 6) is 0.0683. The third kappa shape index (κ3) is 4.99. The second-order valence-electron chi connectivity index (χ2n) is 4.83. The molecule has 0 unspecified atom stereocenters. The molecule has 1 atom stereocenters. The first kappa shape index (κ1) is 16.3. The summed E-state index contributed by atoms with van der Waals surface area (Å²) in [5, 5.41) is 5.14. The van der Waals surface area contributed by atoms with E-state index in [1.165, 1.54) is 13.3 Å². The van der Waals surface area contributed by atoms with Crippen LogP contribution in [0.1, 0.15) is 5.56 Å². The highest BCUT2D eigenvalue weighted by Crippen LogP contribution is 2.12. The van der Waals surface area contributed by atoms with Crippen LogP contribution in [0.2, 0.25) is 0 Å². The number of hydrogen-bond acceptors (Lipinski definition) is 4. The molecule has 7 nitrogen and oxygen atoms in total. The maximum absolute atomic E-state index is 12.4. The van der Waals surface area contributed by atoms with Gasteiger partial charge in [0.2, 0.25) is 11.8 Å². The van der Waals surface area contributed by atoms with Crippen molar-refractivity contribution >= 4 is 17.6 Å². The summed E-state index contributed by atoms with van der Waals surface area (Å²) in [6, 6.07) is 11.1. The maximum atomic E-state index is 12.4. The first-order valence-electron chi connectivity index (χ1n) is 6.99. The van der Waals surface area contributed by atoms with Gasteiger partial charge in [-0.15, -0.1) is 0 Å². The van der Waals surface area contributed by atoms with E-state index in [-0.39, 0.29) is 5.91 Å². The third-order valence-corrected chi connectivity index (χ3v) is 3.13. The Kier molecular flexibility index (Phi) is 5.51. The number of methoxy groups -OCH3 is 1. The summed E-state index contributed by atoms with van der Waals surface area (Å²) < 4.78 is 4.96. The Bertz CT molecular complexity index is 659. The van der Waals surface area contributed by atoms with Crippen LogP contribution < -0.4 is 21.1 Å². The molecule has 4 N–H and O–H groups in total. The van der Waals surface area contributed by atoms with E-state index in [0.29, 0.717) is 18.0 Å². The molecule has 1 aromatic heterocycles. The number of rotatable bonds is 6. The molecule has 0 saturated carbocycles. The van der Waals surface area contributed by atoms with E-state index in [2.05, 4.69) is 15.6 Å². The average Bonchev–Trinajstić information content (AvgIpc) is 2.55. The summed E-state index contributed by atoms with van der Waals surface area (Å²) in [6.07, 6.45) is 1.81. The van der Waals surface area contributed by atoms with E-state index < -0.39 is 12.1 Å². The van der Waals surface area contributed by atoms with Crippen LogP contribution in [0.4, 0.5) is 10.5 Å². The van der Waals surface area contributed by atoms with Gasteiger partial charge in [-0.05, 0) is 11.6 Å². The zero-order chi connectivity index (χ0) is 16.7. The number of benzene rings is 1. The fourth-order valence-corrected chi connectivity index (χ4v) is 2.04. The lowest BCUT2D eigenvalue weighted by Gasteiger charge is -2.17. The molecule has 0 spiro atoms. The smallest absolute Gasteiger partial charge is 0.312 e. The fourth-order valence-electron chi connectivity index (χ4n) is 2.04. The van der Waals surface area contributed by atoms with Gasteiger partial charge in [-0.1, -0.05) is 30.3 Å². The first-order chi connectivity index (χ1) is 11.1. The zero-order valence-electron chi connectivity index (χ0n) is 12.7. The number of carbonyl (C=O) groups is 2. The molecule has 0 bridgehead atoms. The monoisotopic (exact) mass is 314 g/mol. The lowest BCUT2D eigenvalue weighted by Crippen LogP contribution is -2.47. The summed E-state index contributed by atoms with van der Waals surface area (Å²) in [6.45, 7) is 0. The van der Waals surface area contributed by atoms with Gasteiger partial charge in [-0.2, -0.15) is 0 Å². The predicted molar refractivity (Wildman–Crippen MR) is 86.1 cm³/mol. The molecule has 0 aliphatic carbocycles. The molecule has 2 aromatic rings. The molecule has 0 aliphatic heterocycles. The van der Waals surface area contributed by atoms with Crippen LogP contribution in [0.3, 0.4) is 0 Å². The van der Waals surface area contributed by atoms with Gasteiger partial charge in [0.25, 0.3) is 0 Å². The molecule has 120 valence electrons. The van der Waals surface area contributed by atoms with Gasteiger partial charge < -0.3 is 21.1 Å². The Morgan fingerprint density at radius 3 is 2.52 bits per heavy atom. The number of nitrogens with one attached hydrogen (secondary N) is 2. The molecule has 7 heteroatoms. The summed E-state index contributed by atoms with van der Waals surface area (Å²) in [4.78, 5) is 27.5. The van der Waals surface area contributed by atoms with E-state index in [0.717, 1.165) is 5.56 Å². The molecular formula is C16H18N4O3. The van der Waals surface area contributed by atoms with E-state index in [1.54, 1.807) is 12.1 Å². The molecule has 0 fully saturated rings. The van der Waals surface area contributed by atoms with Gasteiger partial charge in [-0.25, -0.2) is 9.78 Å². The quantitative estimate of drug-likeness (QED) is 0.747. The van der Waals surface area contributed by atoms with Crippen LogP contribution in [0.25, 0.3) is 0 Å². The van der Waals surface area contributed by atoms with Gasteiger partial charge in [0, 0.05) is 12.5 Å². The number of urea groups is 1. The number of nitrogens with zero attached hydrogens (tertiary/aromatic N) is 1. The second-order valence-corrected chi connectivity index (χ2v) is 4.83. The highest BCUT2D eigenvalue weighted by Gasteiger charge is 2.20. The van der Waals surface area contributed by atoms with Gasteiger partial charge in [0.05, 0.1) is 19.0 Å². The Labute approximate surface area is 133 Å². The molecule has 1 aromatic carbocycles. The van der Waals surface area contributed by atoms with Crippen LogP contribution in [0.15, 0.2) is 48.7 Å². The third-order valence-electron chi connectivity index (χ3n) is 3.13. The van der Waals surface area contributed by atoms with Crippen LogP contribution in [-0.2, 0) is 11.2 Å². The molecule has 1 heterocycles. The standard InChI is InChI=1S/C16H18N4O3/c1-23-14-8-7-12(10-18-14)19-15(21)13(20-16(17)22)9-11-5-3-2-4-6-11/h2-8,10,13H,9H2,1H3,(H,19,21)(H3,17,20,22)/t13-/m1/s1. The topological polar surface area (TPSA) is 106 Å². The number of aromatic nitrogens is 1. The fraction of sp³-hybridized carbons (Fsp3) is 0.188. The lowest BCUT2D eigenvalue weighted by atomic mass is 10.1. The lowest BCUT2D eigenvalue weighted by molar-refractivity contribution is -0.117. The van der Waals surface area contributed by atoms with Crippen molar-refractivity contribution in [3.8, 4) is 5.88 Å². The van der Waals surface area contributed by atoms with Crippen LogP contribution in [0, 0.1) is 0 Å². The van der Waals surface area contributed by atoms with Crippen molar-refractivity contribution in [2.24, 2.45) is 5.73 Å². The van der Waals surface area contributed by atoms with Crippen molar-refractivity contribution in [3.05, 3.63) is 54.2 Å². The average molecular weight is 314 g/mol. The minimum atomic E-state index is -0.781. The van der Waals surface area contributed by atoms with E-state index >= 15 is 0 Å². The van der Waals surface area contributed by atoms with Crippen molar-refractivity contribution < 1.29 is 14.3 Å². The molecule has 3 amide bonds. The number of nitrogens with two attached hydrogens (primary N) is 1. The van der Waals surface area contributed by atoms with Crippen LogP contribution in [0.5, 0.6) is 5.88 Å². The summed E-state index contributed by atoms with van der Waals surface area (Å²) in [5.41, 5.74) is 6.57. The summed E-state index contributed by atoms with van der Waals surface area (Å²) in [7, 11) is 1.51. The molecule has 0 aliphatic rings. The Hall–Kier alpha value is -3.09. The van der Waals surface area contributed by atoms with Crippen molar-refractivity contribution in [1.29, 1.82) is 0 Å². The molecular weight excluding hydrogens is 296 g/mol. The minimum absolute atomic E-state index is 0.333. The van der Waals surface area contributed by atoms with Crippen molar-refractivity contribution in [1.82, 2.24) is 10.3 Å². The first-order valence-corrected chi connectivity index (χ1v) is 6.99. The molecule has 0 radical (unpaired) electrons. The van der Waals surface area contributed by atoms with Crippen LogP contribution in [-0.4, -0.2) is 30.1 Å². The number of primary amides is 1. The minimum Gasteiger partial charge on any atom is -0.481 e. The highest BCUT2D eigenvalue weighted by molar-refractivity contribution is 5.96. The number of ether oxygens (including phenoxy) is 1. The predicted octanol–water partition coefficient (Wildman–Crippen LogP) is 1.31.